The van der Waals surface area contributed by atoms with Crippen LogP contribution in [0.25, 0.3) is 0 Å². The summed E-state index contributed by atoms with van der Waals surface area (Å²) in [7, 11) is 1.34. The van der Waals surface area contributed by atoms with Crippen molar-refractivity contribution in [2.75, 3.05) is 26.8 Å². The summed E-state index contributed by atoms with van der Waals surface area (Å²) in [5.74, 6) is -0.945. The van der Waals surface area contributed by atoms with E-state index < -0.39 is 22.7 Å². The van der Waals surface area contributed by atoms with Crippen LogP contribution in [-0.2, 0) is 9.53 Å². The molecule has 1 atom stereocenters. The zero-order valence-electron chi connectivity index (χ0n) is 15.0. The molecule has 1 fully saturated rings. The standard InChI is InChI=1S/C17H22N2O7/c1-4-25-15-9-12(13(19(22)23)10-14(15)24-3)17(21)26-11(2)16(20)18-7-5-6-8-18/h9-11H,4-8H2,1-3H3/t11-/m1/s1. The molecule has 142 valence electrons. The van der Waals surface area contributed by atoms with E-state index in [1.165, 1.54) is 20.1 Å². The van der Waals surface area contributed by atoms with E-state index in [4.69, 9.17) is 14.2 Å². The van der Waals surface area contributed by atoms with Crippen molar-refractivity contribution in [3.63, 3.8) is 0 Å². The average Bonchev–Trinajstić information content (AvgIpc) is 3.15. The predicted molar refractivity (Wildman–Crippen MR) is 91.5 cm³/mol. The third-order valence-corrected chi connectivity index (χ3v) is 4.05. The molecule has 0 saturated carbocycles. The Bertz CT molecular complexity index is 699. The Labute approximate surface area is 151 Å². The van der Waals surface area contributed by atoms with Crippen LogP contribution in [0.4, 0.5) is 5.69 Å². The summed E-state index contributed by atoms with van der Waals surface area (Å²) in [5, 5.41) is 11.3. The number of nitrogens with zero attached hydrogens (tertiary/aromatic N) is 2. The highest BCUT2D eigenvalue weighted by Gasteiger charge is 2.30. The third-order valence-electron chi connectivity index (χ3n) is 4.05. The van der Waals surface area contributed by atoms with Crippen molar-refractivity contribution in [3.8, 4) is 11.5 Å². The number of hydrogen-bond donors (Lipinski definition) is 0. The van der Waals surface area contributed by atoms with Crippen molar-refractivity contribution in [1.82, 2.24) is 4.90 Å². The second-order valence-corrected chi connectivity index (χ2v) is 5.79. The van der Waals surface area contributed by atoms with Gasteiger partial charge in [0, 0.05) is 19.2 Å². The van der Waals surface area contributed by atoms with Gasteiger partial charge in [-0.05, 0) is 26.7 Å². The summed E-state index contributed by atoms with van der Waals surface area (Å²) in [6.07, 6.45) is 0.792. The van der Waals surface area contributed by atoms with Gasteiger partial charge in [-0.25, -0.2) is 4.79 Å². The number of benzene rings is 1. The van der Waals surface area contributed by atoms with E-state index in [2.05, 4.69) is 0 Å². The number of methoxy groups -OCH3 is 1. The monoisotopic (exact) mass is 366 g/mol. The number of hydrogen-bond acceptors (Lipinski definition) is 7. The van der Waals surface area contributed by atoms with Crippen molar-refractivity contribution in [2.24, 2.45) is 0 Å². The lowest BCUT2D eigenvalue weighted by molar-refractivity contribution is -0.385. The maximum Gasteiger partial charge on any atom is 0.346 e. The zero-order valence-corrected chi connectivity index (χ0v) is 15.0. The number of carbonyl (C=O) groups is 2. The summed E-state index contributed by atoms with van der Waals surface area (Å²) in [5.41, 5.74) is -0.767. The SMILES string of the molecule is CCOc1cc(C(=O)O[C@H](C)C(=O)N2CCCC2)c([N+](=O)[O-])cc1OC. The summed E-state index contributed by atoms with van der Waals surface area (Å²) in [4.78, 5) is 37.0. The van der Waals surface area contributed by atoms with E-state index in [1.54, 1.807) is 11.8 Å². The molecule has 0 unspecified atom stereocenters. The Hall–Kier alpha value is -2.84. The van der Waals surface area contributed by atoms with Gasteiger partial charge in [0.1, 0.15) is 5.56 Å². The first kappa shape index (κ1) is 19.5. The fraction of sp³-hybridized carbons (Fsp3) is 0.529. The average molecular weight is 366 g/mol. The first-order valence-corrected chi connectivity index (χ1v) is 8.38. The second-order valence-electron chi connectivity index (χ2n) is 5.79. The van der Waals surface area contributed by atoms with Gasteiger partial charge in [0.15, 0.2) is 17.6 Å². The first-order chi connectivity index (χ1) is 12.4. The molecule has 1 heterocycles. The van der Waals surface area contributed by atoms with E-state index >= 15 is 0 Å². The zero-order chi connectivity index (χ0) is 19.3. The van der Waals surface area contributed by atoms with Gasteiger partial charge in [0.05, 0.1) is 24.7 Å². The fourth-order valence-electron chi connectivity index (χ4n) is 2.76. The largest absolute Gasteiger partial charge is 0.493 e. The van der Waals surface area contributed by atoms with Gasteiger partial charge in [-0.3, -0.25) is 14.9 Å². The lowest BCUT2D eigenvalue weighted by Crippen LogP contribution is -2.38. The van der Waals surface area contributed by atoms with Crippen molar-refractivity contribution >= 4 is 17.6 Å². The molecule has 9 nitrogen and oxygen atoms in total. The number of ether oxygens (including phenoxy) is 3. The van der Waals surface area contributed by atoms with Crippen molar-refractivity contribution in [3.05, 3.63) is 27.8 Å². The number of esters is 1. The van der Waals surface area contributed by atoms with E-state index in [9.17, 15) is 19.7 Å². The Morgan fingerprint density at radius 1 is 1.27 bits per heavy atom. The van der Waals surface area contributed by atoms with E-state index in [0.717, 1.165) is 18.9 Å². The molecule has 0 spiro atoms. The summed E-state index contributed by atoms with van der Waals surface area (Å²) in [6.45, 7) is 4.72. The quantitative estimate of drug-likeness (QED) is 0.413. The van der Waals surface area contributed by atoms with Gasteiger partial charge in [0.2, 0.25) is 0 Å². The second kappa shape index (κ2) is 8.50. The molecule has 0 aromatic heterocycles. The number of likely N-dealkylation sites (tertiary alicyclic amines) is 1. The minimum atomic E-state index is -1.03. The Balaban J connectivity index is 2.26. The molecular formula is C17H22N2O7. The van der Waals surface area contributed by atoms with Crippen LogP contribution >= 0.6 is 0 Å². The van der Waals surface area contributed by atoms with Gasteiger partial charge in [0.25, 0.3) is 11.6 Å². The van der Waals surface area contributed by atoms with Gasteiger partial charge >= 0.3 is 5.97 Å². The first-order valence-electron chi connectivity index (χ1n) is 8.38. The molecule has 0 N–H and O–H groups in total. The molecule has 9 heteroatoms. The van der Waals surface area contributed by atoms with Crippen molar-refractivity contribution < 1.29 is 28.7 Å². The molecule has 1 aliphatic heterocycles. The molecule has 1 aromatic carbocycles. The summed E-state index contributed by atoms with van der Waals surface area (Å²) >= 11 is 0. The van der Waals surface area contributed by atoms with E-state index in [1.807, 2.05) is 0 Å². The van der Waals surface area contributed by atoms with Gasteiger partial charge in [-0.1, -0.05) is 0 Å². The molecule has 1 aromatic rings. The van der Waals surface area contributed by atoms with Crippen LogP contribution in [0.1, 0.15) is 37.0 Å². The normalized spacial score (nSPS) is 14.7. The molecule has 0 bridgehead atoms. The van der Waals surface area contributed by atoms with Crippen LogP contribution in [-0.4, -0.2) is 54.6 Å². The van der Waals surface area contributed by atoms with Crippen LogP contribution < -0.4 is 9.47 Å². The molecule has 1 amide bonds. The van der Waals surface area contributed by atoms with Crippen LogP contribution in [0, 0.1) is 10.1 Å². The molecule has 0 radical (unpaired) electrons. The summed E-state index contributed by atoms with van der Waals surface area (Å²) < 4.78 is 15.6. The van der Waals surface area contributed by atoms with Gasteiger partial charge < -0.3 is 19.1 Å². The molecule has 26 heavy (non-hydrogen) atoms. The fourth-order valence-corrected chi connectivity index (χ4v) is 2.76. The molecule has 1 saturated heterocycles. The highest BCUT2D eigenvalue weighted by atomic mass is 16.6. The van der Waals surface area contributed by atoms with Gasteiger partial charge in [-0.2, -0.15) is 0 Å². The number of nitro benzene ring substituents is 1. The Kier molecular flexibility index (Phi) is 6.37. The predicted octanol–water partition coefficient (Wildman–Crippen LogP) is 2.17. The number of amides is 1. The highest BCUT2D eigenvalue weighted by Crippen LogP contribution is 2.35. The highest BCUT2D eigenvalue weighted by molar-refractivity contribution is 5.96. The van der Waals surface area contributed by atoms with Crippen molar-refractivity contribution in [1.29, 1.82) is 0 Å². The number of rotatable bonds is 7. The van der Waals surface area contributed by atoms with E-state index in [0.29, 0.717) is 13.1 Å². The lowest BCUT2D eigenvalue weighted by Gasteiger charge is -2.20. The molecule has 2 rings (SSSR count). The maximum atomic E-state index is 12.5. The molecule has 0 aliphatic carbocycles. The van der Waals surface area contributed by atoms with Crippen molar-refractivity contribution in [2.45, 2.75) is 32.8 Å². The van der Waals surface area contributed by atoms with Crippen LogP contribution in [0.2, 0.25) is 0 Å². The number of carbonyl (C=O) groups excluding carboxylic acids is 2. The van der Waals surface area contributed by atoms with Crippen LogP contribution in [0.3, 0.4) is 0 Å². The summed E-state index contributed by atoms with van der Waals surface area (Å²) in [6, 6.07) is 2.31. The number of nitro groups is 1. The lowest BCUT2D eigenvalue weighted by atomic mass is 10.1. The smallest absolute Gasteiger partial charge is 0.346 e. The molecular weight excluding hydrogens is 344 g/mol. The minimum absolute atomic E-state index is 0.135. The minimum Gasteiger partial charge on any atom is -0.493 e. The van der Waals surface area contributed by atoms with Gasteiger partial charge in [-0.15, -0.1) is 0 Å². The Morgan fingerprint density at radius 3 is 2.46 bits per heavy atom. The van der Waals surface area contributed by atoms with E-state index in [-0.39, 0.29) is 29.6 Å². The van der Waals surface area contributed by atoms with Crippen LogP contribution in [0.5, 0.6) is 11.5 Å². The third kappa shape index (κ3) is 4.22. The topological polar surface area (TPSA) is 108 Å². The molecule has 1 aliphatic rings. The Morgan fingerprint density at radius 2 is 1.92 bits per heavy atom. The van der Waals surface area contributed by atoms with Crippen LogP contribution in [0.15, 0.2) is 12.1 Å². The maximum absolute atomic E-state index is 12.5.